The van der Waals surface area contributed by atoms with Crippen LogP contribution in [0.3, 0.4) is 0 Å². The zero-order chi connectivity index (χ0) is 30.7. The van der Waals surface area contributed by atoms with Gasteiger partial charge in [0.05, 0.1) is 17.5 Å². The third kappa shape index (κ3) is 5.59. The number of rotatable bonds is 7. The second-order valence-electron chi connectivity index (χ2n) is 16.7. The summed E-state index contributed by atoms with van der Waals surface area (Å²) in [7, 11) is -3.67. The van der Waals surface area contributed by atoms with Crippen molar-refractivity contribution in [2.45, 2.75) is 141 Å². The van der Waals surface area contributed by atoms with Crippen LogP contribution in [0.2, 0.25) is 0 Å². The van der Waals surface area contributed by atoms with Crippen LogP contribution in [0.1, 0.15) is 124 Å². The Bertz CT molecular complexity index is 1120. The number of aliphatic hydroxyl groups is 2. The average Bonchev–Trinajstić information content (AvgIpc) is 3.29. The van der Waals surface area contributed by atoms with Crippen molar-refractivity contribution in [3.63, 3.8) is 0 Å². The number of fused-ring (bicyclic) bond motifs is 5. The van der Waals surface area contributed by atoms with E-state index in [0.717, 1.165) is 70.1 Å². The number of carbonyl (C=O) groups is 1. The first kappa shape index (κ1) is 32.1. The van der Waals surface area contributed by atoms with Crippen LogP contribution in [-0.2, 0) is 10.0 Å². The average molecular weight is 621 g/mol. The molecule has 0 unspecified atom stereocenters. The van der Waals surface area contributed by atoms with Crippen molar-refractivity contribution in [3.05, 3.63) is 0 Å². The van der Waals surface area contributed by atoms with Crippen molar-refractivity contribution >= 4 is 16.1 Å². The zero-order valence-corrected chi connectivity index (χ0v) is 28.1. The van der Waals surface area contributed by atoms with Crippen molar-refractivity contribution in [3.8, 4) is 0 Å². The lowest BCUT2D eigenvalue weighted by molar-refractivity contribution is -0.203. The lowest BCUT2D eigenvalue weighted by Gasteiger charge is -2.64. The zero-order valence-electron chi connectivity index (χ0n) is 27.3. The molecule has 8 heteroatoms. The highest BCUT2D eigenvalue weighted by atomic mass is 32.2. The highest BCUT2D eigenvalue weighted by molar-refractivity contribution is 7.90. The first-order valence-corrected chi connectivity index (χ1v) is 19.6. The third-order valence-electron chi connectivity index (χ3n) is 14.9. The fourth-order valence-corrected chi connectivity index (χ4v) is 13.7. The van der Waals surface area contributed by atoms with Gasteiger partial charge in [0.15, 0.2) is 0 Å². The van der Waals surface area contributed by atoms with E-state index in [1.54, 1.807) is 0 Å². The summed E-state index contributed by atoms with van der Waals surface area (Å²) in [5.74, 6) is 4.06. The molecule has 6 saturated carbocycles. The maximum atomic E-state index is 13.0. The molecule has 246 valence electrons. The Morgan fingerprint density at radius 3 is 2.16 bits per heavy atom. The van der Waals surface area contributed by atoms with Gasteiger partial charge >= 0.3 is 6.03 Å². The summed E-state index contributed by atoms with van der Waals surface area (Å²) in [5, 5.41) is 25.0. The van der Waals surface area contributed by atoms with E-state index in [0.29, 0.717) is 54.9 Å². The van der Waals surface area contributed by atoms with Crippen LogP contribution in [0, 0.1) is 64.1 Å². The van der Waals surface area contributed by atoms with Gasteiger partial charge in [0.1, 0.15) is 0 Å². The minimum atomic E-state index is -3.67. The normalized spacial score (nSPS) is 47.4. The first-order chi connectivity index (χ1) is 20.4. The minimum absolute atomic E-state index is 0.112. The monoisotopic (exact) mass is 620 g/mol. The number of amides is 2. The summed E-state index contributed by atoms with van der Waals surface area (Å²) in [6.07, 6.45) is 14.9. The van der Waals surface area contributed by atoms with Crippen molar-refractivity contribution < 1.29 is 23.4 Å². The van der Waals surface area contributed by atoms with Crippen molar-refractivity contribution in [1.82, 2.24) is 10.0 Å². The van der Waals surface area contributed by atoms with Gasteiger partial charge in [-0.25, -0.2) is 17.9 Å². The summed E-state index contributed by atoms with van der Waals surface area (Å²) in [5.41, 5.74) is 0.303. The summed E-state index contributed by atoms with van der Waals surface area (Å²) in [4.78, 5) is 12.9. The van der Waals surface area contributed by atoms with E-state index in [2.05, 4.69) is 37.7 Å². The lowest BCUT2D eigenvalue weighted by atomic mass is 9.41. The van der Waals surface area contributed by atoms with E-state index in [1.807, 2.05) is 0 Å². The smallest absolute Gasteiger partial charge is 0.328 e. The number of nitrogens with one attached hydrogen (secondary N) is 2. The third-order valence-corrected chi connectivity index (χ3v) is 16.8. The predicted molar refractivity (Wildman–Crippen MR) is 169 cm³/mol. The SMILES string of the molecule is CC[C@H]1[C@@H](O)[C@@H]2[C@H](CC[C@]3(C)[C@@H]([C@H](C)CNC(=O)NS(=O)(=O)C4CCC(C5CCC5)CC4)CC[C@@H]23)[C@@]2(C)CC[C@@H](O)C[C@@H]12. The maximum Gasteiger partial charge on any atom is 0.328 e. The van der Waals surface area contributed by atoms with Crippen LogP contribution in [0.5, 0.6) is 0 Å². The van der Waals surface area contributed by atoms with Crippen LogP contribution >= 0.6 is 0 Å². The molecule has 7 nitrogen and oxygen atoms in total. The fraction of sp³-hybridized carbons (Fsp3) is 0.971. The molecule has 6 rings (SSSR count). The number of hydrogen-bond donors (Lipinski definition) is 4. The van der Waals surface area contributed by atoms with Crippen LogP contribution in [0.25, 0.3) is 0 Å². The summed E-state index contributed by atoms with van der Waals surface area (Å²) < 4.78 is 28.5. The summed E-state index contributed by atoms with van der Waals surface area (Å²) in [6.45, 7) is 9.82. The van der Waals surface area contributed by atoms with Gasteiger partial charge in [-0.1, -0.05) is 53.4 Å². The molecule has 43 heavy (non-hydrogen) atoms. The molecule has 4 N–H and O–H groups in total. The topological polar surface area (TPSA) is 116 Å². The van der Waals surface area contributed by atoms with Crippen LogP contribution < -0.4 is 10.0 Å². The van der Waals surface area contributed by atoms with E-state index in [1.165, 1.54) is 19.3 Å². The number of hydrogen-bond acceptors (Lipinski definition) is 5. The molecule has 2 amide bonds. The van der Waals surface area contributed by atoms with Crippen molar-refractivity contribution in [2.75, 3.05) is 6.54 Å². The second kappa shape index (κ2) is 12.1. The van der Waals surface area contributed by atoms with E-state index in [-0.39, 0.29) is 34.9 Å². The summed E-state index contributed by atoms with van der Waals surface area (Å²) in [6, 6.07) is -0.580. The van der Waals surface area contributed by atoms with Gasteiger partial charge in [-0.2, -0.15) is 0 Å². The second-order valence-corrected chi connectivity index (χ2v) is 18.6. The highest BCUT2D eigenvalue weighted by Gasteiger charge is 2.64. The molecule has 0 aromatic heterocycles. The molecule has 0 radical (unpaired) electrons. The Labute approximate surface area is 261 Å². The molecule has 0 spiro atoms. The maximum absolute atomic E-state index is 13.0. The molecule has 11 atom stereocenters. The standard InChI is InChI=1S/C35H60N2O5S/c1-5-26-30-19-24(38)15-17-35(30,4)29-16-18-34(3)27(13-14-28(34)31(29)32(26)39)21(2)20-36-33(40)37-43(41,42)25-11-9-23(10-12-25)22-7-6-8-22/h21-32,38-39H,5-20H2,1-4H3,(H2,36,37,40)/t21-,23?,24-,25?,26-,27-,28+,29+,30+,31+,32-,34-,35-/m1/s1. The van der Waals surface area contributed by atoms with Gasteiger partial charge in [-0.05, 0) is 135 Å². The van der Waals surface area contributed by atoms with Crippen LogP contribution in [0.4, 0.5) is 4.79 Å². The molecule has 6 fully saturated rings. The molecule has 0 aromatic carbocycles. The molecular weight excluding hydrogens is 560 g/mol. The Balaban J connectivity index is 1.06. The molecule has 0 aromatic rings. The first-order valence-electron chi connectivity index (χ1n) is 18.0. The summed E-state index contributed by atoms with van der Waals surface area (Å²) >= 11 is 0. The van der Waals surface area contributed by atoms with E-state index >= 15 is 0 Å². The van der Waals surface area contributed by atoms with Gasteiger partial charge in [0, 0.05) is 6.54 Å². The van der Waals surface area contributed by atoms with Gasteiger partial charge in [-0.3, -0.25) is 0 Å². The number of aliphatic hydroxyl groups excluding tert-OH is 2. The molecule has 0 aliphatic heterocycles. The van der Waals surface area contributed by atoms with E-state index in [4.69, 9.17) is 0 Å². The molecule has 0 saturated heterocycles. The fourth-order valence-electron chi connectivity index (χ4n) is 12.4. The van der Waals surface area contributed by atoms with Crippen LogP contribution in [0.15, 0.2) is 0 Å². The molecular formula is C35H60N2O5S. The van der Waals surface area contributed by atoms with E-state index < -0.39 is 21.3 Å². The highest BCUT2D eigenvalue weighted by Crippen LogP contribution is 2.69. The van der Waals surface area contributed by atoms with Gasteiger partial charge in [0.25, 0.3) is 0 Å². The number of sulfonamides is 1. The lowest BCUT2D eigenvalue weighted by Crippen LogP contribution is -2.62. The quantitative estimate of drug-likeness (QED) is 0.269. The van der Waals surface area contributed by atoms with Gasteiger partial charge in [0.2, 0.25) is 10.0 Å². The Kier molecular flexibility index (Phi) is 9.00. The van der Waals surface area contributed by atoms with Crippen molar-refractivity contribution in [1.29, 1.82) is 0 Å². The Morgan fingerprint density at radius 1 is 0.860 bits per heavy atom. The molecule has 6 aliphatic rings. The predicted octanol–water partition coefficient (Wildman–Crippen LogP) is 6.24. The molecule has 0 bridgehead atoms. The van der Waals surface area contributed by atoms with Crippen LogP contribution in [-0.4, -0.2) is 48.7 Å². The van der Waals surface area contributed by atoms with E-state index in [9.17, 15) is 23.4 Å². The largest absolute Gasteiger partial charge is 0.393 e. The molecule has 0 heterocycles. The number of carbonyl (C=O) groups excluding carboxylic acids is 1. The number of urea groups is 1. The Morgan fingerprint density at radius 2 is 1.51 bits per heavy atom. The van der Waals surface area contributed by atoms with Gasteiger partial charge < -0.3 is 15.5 Å². The minimum Gasteiger partial charge on any atom is -0.393 e. The van der Waals surface area contributed by atoms with Gasteiger partial charge in [-0.15, -0.1) is 0 Å². The Hall–Kier alpha value is -0.860. The molecule has 6 aliphatic carbocycles. The van der Waals surface area contributed by atoms with Crippen molar-refractivity contribution in [2.24, 2.45) is 64.1 Å².